The minimum absolute atomic E-state index is 0.403. The van der Waals surface area contributed by atoms with Crippen LogP contribution in [-0.4, -0.2) is 13.1 Å². The van der Waals surface area contributed by atoms with Crippen LogP contribution in [0.3, 0.4) is 0 Å². The van der Waals surface area contributed by atoms with Crippen molar-refractivity contribution in [2.75, 3.05) is 7.11 Å². The summed E-state index contributed by atoms with van der Waals surface area (Å²) in [6, 6.07) is 20.4. The fourth-order valence-electron chi connectivity index (χ4n) is 2.51. The summed E-state index contributed by atoms with van der Waals surface area (Å²) in [4.78, 5) is 12.3. The molecule has 0 spiro atoms. The quantitative estimate of drug-likeness (QED) is 0.379. The molecule has 0 saturated heterocycles. The molecular weight excluding hydrogens is 336 g/mol. The van der Waals surface area contributed by atoms with E-state index in [1.54, 1.807) is 37.4 Å². The van der Waals surface area contributed by atoms with Gasteiger partial charge in [0.1, 0.15) is 11.5 Å². The van der Waals surface area contributed by atoms with Gasteiger partial charge in [-0.05, 0) is 74.0 Å². The Morgan fingerprint density at radius 1 is 0.815 bits per heavy atom. The van der Waals surface area contributed by atoms with Gasteiger partial charge in [0.25, 0.3) is 0 Å². The van der Waals surface area contributed by atoms with Crippen molar-refractivity contribution >= 4 is 5.97 Å². The maximum absolute atomic E-state index is 12.3. The number of methoxy groups -OCH3 is 1. The second-order valence-corrected chi connectivity index (χ2v) is 6.21. The summed E-state index contributed by atoms with van der Waals surface area (Å²) in [5, 5.41) is 0. The highest BCUT2D eigenvalue weighted by molar-refractivity contribution is 5.91. The number of carbonyl (C=O) groups is 1. The van der Waals surface area contributed by atoms with E-state index in [9.17, 15) is 4.79 Å². The molecule has 134 valence electrons. The van der Waals surface area contributed by atoms with E-state index in [4.69, 9.17) is 9.47 Å². The number of aryl methyl sites for hydroxylation is 2. The maximum atomic E-state index is 12.3. The number of carbonyl (C=O) groups excluding carboxylic acids is 1. The van der Waals surface area contributed by atoms with Crippen LogP contribution in [0.25, 0.3) is 0 Å². The first-order chi connectivity index (χ1) is 13.0. The molecule has 0 heterocycles. The molecule has 0 unspecified atom stereocenters. The summed E-state index contributed by atoms with van der Waals surface area (Å²) in [7, 11) is 1.58. The summed E-state index contributed by atoms with van der Waals surface area (Å²) in [5.74, 6) is 7.10. The molecule has 3 aromatic rings. The summed E-state index contributed by atoms with van der Waals surface area (Å²) in [6.45, 7) is 3.94. The summed E-state index contributed by atoms with van der Waals surface area (Å²) >= 11 is 0. The van der Waals surface area contributed by atoms with Gasteiger partial charge in [-0.15, -0.1) is 0 Å². The lowest BCUT2D eigenvalue weighted by atomic mass is 10.1. The van der Waals surface area contributed by atoms with Crippen LogP contribution in [-0.2, 0) is 0 Å². The molecule has 0 amide bonds. The molecule has 0 radical (unpaired) electrons. The molecule has 0 saturated carbocycles. The molecular formula is C24H20O3. The topological polar surface area (TPSA) is 35.5 Å². The smallest absolute Gasteiger partial charge is 0.343 e. The highest BCUT2D eigenvalue weighted by Gasteiger charge is 2.10. The Morgan fingerprint density at radius 3 is 2.07 bits per heavy atom. The predicted molar refractivity (Wildman–Crippen MR) is 106 cm³/mol. The monoisotopic (exact) mass is 356 g/mol. The van der Waals surface area contributed by atoms with Gasteiger partial charge >= 0.3 is 5.97 Å². The van der Waals surface area contributed by atoms with Gasteiger partial charge in [0, 0.05) is 11.1 Å². The van der Waals surface area contributed by atoms with Crippen LogP contribution in [0.4, 0.5) is 0 Å². The van der Waals surface area contributed by atoms with Crippen LogP contribution in [0.5, 0.6) is 11.5 Å². The minimum Gasteiger partial charge on any atom is -0.497 e. The summed E-state index contributed by atoms with van der Waals surface area (Å²) in [6.07, 6.45) is 0. The zero-order valence-corrected chi connectivity index (χ0v) is 15.6. The molecule has 3 nitrogen and oxygen atoms in total. The van der Waals surface area contributed by atoms with Gasteiger partial charge in [0.15, 0.2) is 0 Å². The molecule has 0 aliphatic rings. The molecule has 27 heavy (non-hydrogen) atoms. The van der Waals surface area contributed by atoms with Crippen molar-refractivity contribution in [3.05, 3.63) is 94.5 Å². The van der Waals surface area contributed by atoms with Crippen molar-refractivity contribution in [3.63, 3.8) is 0 Å². The minimum atomic E-state index is -0.403. The van der Waals surface area contributed by atoms with E-state index >= 15 is 0 Å². The molecule has 0 bridgehead atoms. The lowest BCUT2D eigenvalue weighted by molar-refractivity contribution is 0.0733. The number of benzene rings is 3. The number of rotatable bonds is 3. The number of hydrogen-bond acceptors (Lipinski definition) is 3. The average molecular weight is 356 g/mol. The zero-order chi connectivity index (χ0) is 19.2. The lowest BCUT2D eigenvalue weighted by Gasteiger charge is -2.08. The Balaban J connectivity index is 1.72. The average Bonchev–Trinajstić information content (AvgIpc) is 2.69. The molecule has 0 atom stereocenters. The maximum Gasteiger partial charge on any atom is 0.343 e. The van der Waals surface area contributed by atoms with Gasteiger partial charge in [0.2, 0.25) is 0 Å². The van der Waals surface area contributed by atoms with Crippen molar-refractivity contribution in [1.82, 2.24) is 0 Å². The second kappa shape index (κ2) is 8.25. The van der Waals surface area contributed by atoms with Crippen LogP contribution < -0.4 is 9.47 Å². The Bertz CT molecular complexity index is 1000. The normalized spacial score (nSPS) is 9.89. The first kappa shape index (κ1) is 18.3. The fourth-order valence-corrected chi connectivity index (χ4v) is 2.51. The van der Waals surface area contributed by atoms with Crippen molar-refractivity contribution in [2.45, 2.75) is 13.8 Å². The van der Waals surface area contributed by atoms with Crippen LogP contribution >= 0.6 is 0 Å². The van der Waals surface area contributed by atoms with Gasteiger partial charge in [0.05, 0.1) is 12.7 Å². The third kappa shape index (κ3) is 4.77. The van der Waals surface area contributed by atoms with E-state index in [0.29, 0.717) is 17.1 Å². The molecule has 0 N–H and O–H groups in total. The van der Waals surface area contributed by atoms with Crippen molar-refractivity contribution in [1.29, 1.82) is 0 Å². The first-order valence-electron chi connectivity index (χ1n) is 8.61. The molecule has 0 aliphatic carbocycles. The zero-order valence-electron chi connectivity index (χ0n) is 15.6. The molecule has 3 heteroatoms. The largest absolute Gasteiger partial charge is 0.497 e. The lowest BCUT2D eigenvalue weighted by Crippen LogP contribution is -2.09. The Labute approximate surface area is 159 Å². The molecule has 3 rings (SSSR count). The van der Waals surface area contributed by atoms with E-state index < -0.39 is 5.97 Å². The highest BCUT2D eigenvalue weighted by atomic mass is 16.5. The molecule has 0 aliphatic heterocycles. The van der Waals surface area contributed by atoms with Gasteiger partial charge in [-0.1, -0.05) is 29.5 Å². The van der Waals surface area contributed by atoms with E-state index in [1.165, 1.54) is 5.56 Å². The predicted octanol–water partition coefficient (Wildman–Crippen LogP) is 4.93. The number of hydrogen-bond donors (Lipinski definition) is 0. The van der Waals surface area contributed by atoms with E-state index in [0.717, 1.165) is 16.7 Å². The van der Waals surface area contributed by atoms with Gasteiger partial charge < -0.3 is 9.47 Å². The number of ether oxygens (including phenoxy) is 2. The first-order valence-corrected chi connectivity index (χ1v) is 8.61. The van der Waals surface area contributed by atoms with Crippen LogP contribution in [0.15, 0.2) is 66.7 Å². The Kier molecular flexibility index (Phi) is 5.58. The highest BCUT2D eigenvalue weighted by Crippen LogP contribution is 2.21. The Morgan fingerprint density at radius 2 is 1.44 bits per heavy atom. The van der Waals surface area contributed by atoms with E-state index in [1.807, 2.05) is 50.2 Å². The Hall–Kier alpha value is -3.51. The SMILES string of the molecule is COc1ccc(C(=O)Oc2ccc(C#Cc3ccc(C)cc3)cc2C)cc1. The van der Waals surface area contributed by atoms with Crippen LogP contribution in [0.1, 0.15) is 32.6 Å². The van der Waals surface area contributed by atoms with Gasteiger partial charge in [-0.2, -0.15) is 0 Å². The second-order valence-electron chi connectivity index (χ2n) is 6.21. The molecule has 0 aromatic heterocycles. The summed E-state index contributed by atoms with van der Waals surface area (Å²) < 4.78 is 10.6. The van der Waals surface area contributed by atoms with E-state index in [-0.39, 0.29) is 0 Å². The van der Waals surface area contributed by atoms with Crippen molar-refractivity contribution in [2.24, 2.45) is 0 Å². The third-order valence-electron chi connectivity index (χ3n) is 4.11. The van der Waals surface area contributed by atoms with Crippen LogP contribution in [0, 0.1) is 25.7 Å². The van der Waals surface area contributed by atoms with Crippen molar-refractivity contribution < 1.29 is 14.3 Å². The number of esters is 1. The van der Waals surface area contributed by atoms with Gasteiger partial charge in [-0.3, -0.25) is 0 Å². The van der Waals surface area contributed by atoms with E-state index in [2.05, 4.69) is 11.8 Å². The summed E-state index contributed by atoms with van der Waals surface area (Å²) in [5.41, 5.74) is 4.37. The van der Waals surface area contributed by atoms with Crippen LogP contribution in [0.2, 0.25) is 0 Å². The third-order valence-corrected chi connectivity index (χ3v) is 4.11. The standard InChI is InChI=1S/C24H20O3/c1-17-4-6-19(7-5-17)8-9-20-10-15-23(18(2)16-20)27-24(25)21-11-13-22(26-3)14-12-21/h4-7,10-16H,1-3H3. The fraction of sp³-hybridized carbons (Fsp3) is 0.125. The molecule has 0 fully saturated rings. The van der Waals surface area contributed by atoms with Gasteiger partial charge in [-0.25, -0.2) is 4.79 Å². The van der Waals surface area contributed by atoms with Crippen molar-refractivity contribution in [3.8, 4) is 23.3 Å². The molecule has 3 aromatic carbocycles.